The molecule has 1 aromatic carbocycles. The van der Waals surface area contributed by atoms with E-state index in [-0.39, 0.29) is 17.7 Å². The molecule has 1 aliphatic rings. The van der Waals surface area contributed by atoms with Crippen molar-refractivity contribution in [1.82, 2.24) is 9.80 Å². The highest BCUT2D eigenvalue weighted by Crippen LogP contribution is 2.24. The third-order valence-electron chi connectivity index (χ3n) is 4.93. The Kier molecular flexibility index (Phi) is 8.83. The second-order valence-corrected chi connectivity index (χ2v) is 6.89. The third-order valence-corrected chi connectivity index (χ3v) is 4.93. The molecule has 0 spiro atoms. The SMILES string of the molecule is [N-]=[N+]=NCN(C(=O)OC(C=N)(C=N)CN=[N+]=[N-])C(CCN1C(=O)c2ccccc2C1=O)C(=O)ON. The summed E-state index contributed by atoms with van der Waals surface area (Å²) < 4.78 is 5.09. The first kappa shape index (κ1) is 26.3. The number of ether oxygens (including phenoxy) is 1. The molecule has 1 aliphatic heterocycles. The number of amides is 3. The normalized spacial score (nSPS) is 14.4. The van der Waals surface area contributed by atoms with Gasteiger partial charge in [-0.25, -0.2) is 9.59 Å². The lowest BCUT2D eigenvalue weighted by molar-refractivity contribution is -0.150. The Labute approximate surface area is 196 Å². The molecule has 1 heterocycles. The molecule has 0 radical (unpaired) electrons. The Balaban J connectivity index is 2.32. The number of hydrogen-bond acceptors (Lipinski definition) is 11. The number of carbonyl (C=O) groups excluding carboxylic acids is 4. The Morgan fingerprint density at radius 3 is 2.20 bits per heavy atom. The maximum Gasteiger partial charge on any atom is 0.411 e. The van der Waals surface area contributed by atoms with Crippen LogP contribution in [0, 0.1) is 10.8 Å². The molecule has 0 saturated carbocycles. The molecule has 2 rings (SSSR count). The number of nitrogens with one attached hydrogen (secondary N) is 2. The summed E-state index contributed by atoms with van der Waals surface area (Å²) in [5, 5.41) is 21.3. The Morgan fingerprint density at radius 2 is 1.71 bits per heavy atom. The van der Waals surface area contributed by atoms with Crippen molar-refractivity contribution >= 4 is 36.3 Å². The third kappa shape index (κ3) is 5.69. The van der Waals surface area contributed by atoms with E-state index in [1.165, 1.54) is 12.1 Å². The average molecular weight is 485 g/mol. The molecular formula is C18H19N11O6. The highest BCUT2D eigenvalue weighted by Gasteiger charge is 2.40. The average Bonchev–Trinajstić information content (AvgIpc) is 3.12. The minimum atomic E-state index is -2.10. The Bertz CT molecular complexity index is 1100. The van der Waals surface area contributed by atoms with Gasteiger partial charge < -0.3 is 20.4 Å². The summed E-state index contributed by atoms with van der Waals surface area (Å²) in [6, 6.07) is 4.47. The van der Waals surface area contributed by atoms with Crippen molar-refractivity contribution < 1.29 is 28.8 Å². The van der Waals surface area contributed by atoms with E-state index in [1.807, 2.05) is 0 Å². The highest BCUT2D eigenvalue weighted by molar-refractivity contribution is 6.21. The van der Waals surface area contributed by atoms with Crippen molar-refractivity contribution in [2.45, 2.75) is 18.1 Å². The fourth-order valence-corrected chi connectivity index (χ4v) is 3.14. The standard InChI is InChI=1S/C18H19N11O6/c19-7-18(8-20,9-24-26-21)34-17(33)29(10-25-27-22)13(16(32)35-23)5-6-28-14(30)11-3-1-2-4-12(11)15(28)31/h1-4,7-8,13,19-20H,5-6,9-10,23H2. The molecule has 0 bridgehead atoms. The maximum absolute atomic E-state index is 12.9. The van der Waals surface area contributed by atoms with Crippen molar-refractivity contribution in [1.29, 1.82) is 10.8 Å². The smallest absolute Gasteiger partial charge is 0.411 e. The van der Waals surface area contributed by atoms with Crippen LogP contribution in [-0.4, -0.2) is 77.5 Å². The minimum absolute atomic E-state index is 0.167. The number of hydrogen-bond donors (Lipinski definition) is 3. The van der Waals surface area contributed by atoms with Crippen LogP contribution >= 0.6 is 0 Å². The lowest BCUT2D eigenvalue weighted by atomic mass is 10.1. The summed E-state index contributed by atoms with van der Waals surface area (Å²) in [4.78, 5) is 61.2. The zero-order valence-corrected chi connectivity index (χ0v) is 18.0. The Morgan fingerprint density at radius 1 is 1.14 bits per heavy atom. The summed E-state index contributed by atoms with van der Waals surface area (Å²) >= 11 is 0. The molecule has 1 atom stereocenters. The van der Waals surface area contributed by atoms with Crippen LogP contribution in [0.2, 0.25) is 0 Å². The molecule has 0 saturated heterocycles. The van der Waals surface area contributed by atoms with Gasteiger partial charge in [0.1, 0.15) is 12.7 Å². The van der Waals surface area contributed by atoms with Gasteiger partial charge in [0.15, 0.2) is 5.60 Å². The van der Waals surface area contributed by atoms with Gasteiger partial charge in [0, 0.05) is 28.8 Å². The summed E-state index contributed by atoms with van der Waals surface area (Å²) in [5.74, 6) is 2.56. The number of imide groups is 1. The fraction of sp³-hybridized carbons (Fsp3) is 0.333. The van der Waals surface area contributed by atoms with Gasteiger partial charge in [-0.2, -0.15) is 5.90 Å². The number of benzene rings is 1. The summed E-state index contributed by atoms with van der Waals surface area (Å²) in [5.41, 5.74) is 15.5. The van der Waals surface area contributed by atoms with E-state index in [1.54, 1.807) is 12.1 Å². The van der Waals surface area contributed by atoms with E-state index in [9.17, 15) is 19.2 Å². The van der Waals surface area contributed by atoms with Gasteiger partial charge >= 0.3 is 12.1 Å². The number of rotatable bonds is 12. The second-order valence-electron chi connectivity index (χ2n) is 6.89. The van der Waals surface area contributed by atoms with Crippen molar-refractivity contribution in [2.75, 3.05) is 19.8 Å². The van der Waals surface area contributed by atoms with E-state index in [4.69, 9.17) is 32.5 Å². The summed E-state index contributed by atoms with van der Waals surface area (Å²) in [6.45, 7) is -1.80. The van der Waals surface area contributed by atoms with Gasteiger partial charge in [-0.1, -0.05) is 22.4 Å². The lowest BCUT2D eigenvalue weighted by Gasteiger charge is -2.32. The summed E-state index contributed by atoms with van der Waals surface area (Å²) in [7, 11) is 0. The molecule has 17 nitrogen and oxygen atoms in total. The Hall–Kier alpha value is -4.98. The molecule has 1 aromatic rings. The van der Waals surface area contributed by atoms with E-state index < -0.39 is 55.2 Å². The van der Waals surface area contributed by atoms with Crippen LogP contribution in [0.25, 0.3) is 20.9 Å². The van der Waals surface area contributed by atoms with Gasteiger partial charge in [-0.05, 0) is 29.6 Å². The maximum atomic E-state index is 12.9. The van der Waals surface area contributed by atoms with Gasteiger partial charge in [0.2, 0.25) is 0 Å². The number of fused-ring (bicyclic) bond motifs is 1. The van der Waals surface area contributed by atoms with Crippen molar-refractivity contribution in [2.24, 2.45) is 16.1 Å². The largest absolute Gasteiger partial charge is 0.431 e. The van der Waals surface area contributed by atoms with Crippen LogP contribution < -0.4 is 5.90 Å². The molecule has 0 fully saturated rings. The first-order valence-electron chi connectivity index (χ1n) is 9.69. The monoisotopic (exact) mass is 485 g/mol. The molecule has 0 aliphatic carbocycles. The molecule has 35 heavy (non-hydrogen) atoms. The topological polar surface area (TPSA) is 264 Å². The molecule has 3 amide bonds. The predicted molar refractivity (Wildman–Crippen MR) is 117 cm³/mol. The predicted octanol–water partition coefficient (Wildman–Crippen LogP) is 1.51. The molecule has 1 unspecified atom stereocenters. The van der Waals surface area contributed by atoms with Crippen LogP contribution in [0.5, 0.6) is 0 Å². The van der Waals surface area contributed by atoms with Crippen LogP contribution in [-0.2, 0) is 14.4 Å². The first-order chi connectivity index (χ1) is 16.8. The lowest BCUT2D eigenvalue weighted by Crippen LogP contribution is -2.52. The first-order valence-corrected chi connectivity index (χ1v) is 9.69. The molecule has 0 aromatic heterocycles. The van der Waals surface area contributed by atoms with E-state index in [0.29, 0.717) is 17.3 Å². The quantitative estimate of drug-likeness (QED) is 0.0979. The van der Waals surface area contributed by atoms with E-state index in [0.717, 1.165) is 4.90 Å². The van der Waals surface area contributed by atoms with Crippen LogP contribution in [0.4, 0.5) is 4.79 Å². The fourth-order valence-electron chi connectivity index (χ4n) is 3.14. The molecule has 17 heteroatoms. The van der Waals surface area contributed by atoms with Crippen LogP contribution in [0.3, 0.4) is 0 Å². The number of carbonyl (C=O) groups is 4. The molecule has 4 N–H and O–H groups in total. The number of nitrogens with two attached hydrogens (primary N) is 1. The van der Waals surface area contributed by atoms with Crippen LogP contribution in [0.15, 0.2) is 34.5 Å². The van der Waals surface area contributed by atoms with Crippen molar-refractivity contribution in [3.05, 3.63) is 56.3 Å². The van der Waals surface area contributed by atoms with Crippen LogP contribution in [0.1, 0.15) is 27.1 Å². The van der Waals surface area contributed by atoms with Gasteiger partial charge in [-0.3, -0.25) is 19.4 Å². The zero-order chi connectivity index (χ0) is 26.0. The summed E-state index contributed by atoms with van der Waals surface area (Å²) in [6.07, 6.45) is -0.716. The molecule has 182 valence electrons. The van der Waals surface area contributed by atoms with Crippen molar-refractivity contribution in [3.63, 3.8) is 0 Å². The highest BCUT2D eigenvalue weighted by atomic mass is 16.7. The second kappa shape index (κ2) is 11.8. The number of azide groups is 2. The van der Waals surface area contributed by atoms with E-state index >= 15 is 0 Å². The minimum Gasteiger partial charge on any atom is -0.431 e. The number of nitrogens with zero attached hydrogens (tertiary/aromatic N) is 8. The van der Waals surface area contributed by atoms with Gasteiger partial charge in [-0.15, -0.1) is 0 Å². The zero-order valence-electron chi connectivity index (χ0n) is 18.0. The molecular weight excluding hydrogens is 466 g/mol. The van der Waals surface area contributed by atoms with E-state index in [2.05, 4.69) is 24.9 Å². The van der Waals surface area contributed by atoms with Gasteiger partial charge in [0.05, 0.1) is 17.7 Å². The van der Waals surface area contributed by atoms with Crippen molar-refractivity contribution in [3.8, 4) is 0 Å². The van der Waals surface area contributed by atoms with Gasteiger partial charge in [0.25, 0.3) is 11.8 Å².